The first-order chi connectivity index (χ1) is 1.89. The Hall–Kier alpha value is 0. The van der Waals surface area contributed by atoms with Gasteiger partial charge in [-0.2, -0.15) is 5.92 Å². The summed E-state index contributed by atoms with van der Waals surface area (Å²) >= 11 is 0. The summed E-state index contributed by atoms with van der Waals surface area (Å²) in [6, 6.07) is 0. The minimum atomic E-state index is 0.833. The van der Waals surface area contributed by atoms with Crippen molar-refractivity contribution in [3.05, 3.63) is 6.92 Å². The highest BCUT2D eigenvalue weighted by Crippen LogP contribution is 2.26. The summed E-state index contributed by atoms with van der Waals surface area (Å²) in [4.78, 5) is 0. The van der Waals surface area contributed by atoms with Gasteiger partial charge in [0.25, 0.3) is 0 Å². The lowest BCUT2D eigenvalue weighted by atomic mass is 10.5. The van der Waals surface area contributed by atoms with Crippen molar-refractivity contribution >= 4 is 0 Å². The predicted molar refractivity (Wildman–Crippen MR) is 18.1 cm³/mol. The van der Waals surface area contributed by atoms with Crippen LogP contribution in [0.3, 0.4) is 0 Å². The molecule has 0 amide bonds. The predicted octanol–water partition coefficient (Wildman–Crippen LogP) is 1.23. The highest BCUT2D eigenvalue weighted by Gasteiger charge is 2.04. The van der Waals surface area contributed by atoms with Crippen molar-refractivity contribution < 1.29 is 0 Å². The van der Waals surface area contributed by atoms with E-state index >= 15 is 0 Å². The van der Waals surface area contributed by atoms with Crippen LogP contribution in [0.2, 0.25) is 0 Å². The van der Waals surface area contributed by atoms with Crippen LogP contribution in [0.15, 0.2) is 0 Å². The Morgan fingerprint density at radius 2 is 1.75 bits per heavy atom. The van der Waals surface area contributed by atoms with Gasteiger partial charge in [0.1, 0.15) is 0 Å². The van der Waals surface area contributed by atoms with E-state index in [0.29, 0.717) is 0 Å². The Balaban J connectivity index is 2.17. The van der Waals surface area contributed by atoms with Crippen molar-refractivity contribution in [2.75, 3.05) is 0 Å². The maximum absolute atomic E-state index is 3.75. The van der Waals surface area contributed by atoms with Crippen LogP contribution < -0.4 is 0 Å². The summed E-state index contributed by atoms with van der Waals surface area (Å²) in [6.07, 6.45) is 2.75. The fourth-order valence-electron chi connectivity index (χ4n) is 0.118. The highest BCUT2D eigenvalue weighted by molar-refractivity contribution is 4.73. The SMILES string of the molecule is [CH2-]C1CC1. The van der Waals surface area contributed by atoms with Gasteiger partial charge in [0.2, 0.25) is 0 Å². The number of hydrogen-bond donors (Lipinski definition) is 0. The highest BCUT2D eigenvalue weighted by atomic mass is 14.2. The molecule has 1 rings (SSSR count). The third-order valence-corrected chi connectivity index (χ3v) is 0.697. The van der Waals surface area contributed by atoms with Crippen LogP contribution in [-0.4, -0.2) is 0 Å². The Kier molecular flexibility index (Phi) is 0.270. The second kappa shape index (κ2) is 0.480. The lowest BCUT2D eigenvalue weighted by molar-refractivity contribution is 1.12. The van der Waals surface area contributed by atoms with Gasteiger partial charge < -0.3 is 6.92 Å². The van der Waals surface area contributed by atoms with Gasteiger partial charge in [-0.15, -0.1) is 0 Å². The van der Waals surface area contributed by atoms with Crippen molar-refractivity contribution in [1.82, 2.24) is 0 Å². The zero-order chi connectivity index (χ0) is 2.99. The minimum absolute atomic E-state index is 0.833. The van der Waals surface area contributed by atoms with E-state index in [0.717, 1.165) is 5.92 Å². The molecule has 0 aromatic heterocycles. The molecule has 0 aromatic rings. The average molecular weight is 55.1 g/mol. The van der Waals surface area contributed by atoms with E-state index < -0.39 is 0 Å². The first-order valence-corrected chi connectivity index (χ1v) is 1.72. The summed E-state index contributed by atoms with van der Waals surface area (Å²) in [5.74, 6) is 0.833. The topological polar surface area (TPSA) is 0 Å². The van der Waals surface area contributed by atoms with Crippen molar-refractivity contribution in [1.29, 1.82) is 0 Å². The van der Waals surface area contributed by atoms with Crippen LogP contribution in [0, 0.1) is 12.8 Å². The van der Waals surface area contributed by atoms with Crippen LogP contribution in [0.25, 0.3) is 0 Å². The summed E-state index contributed by atoms with van der Waals surface area (Å²) in [5, 5.41) is 0. The van der Waals surface area contributed by atoms with Gasteiger partial charge in [-0.1, -0.05) is 12.8 Å². The first kappa shape index (κ1) is 2.25. The maximum atomic E-state index is 3.75. The lowest BCUT2D eigenvalue weighted by Crippen LogP contribution is -1.43. The molecule has 4 heavy (non-hydrogen) atoms. The second-order valence-corrected chi connectivity index (χ2v) is 1.44. The van der Waals surface area contributed by atoms with Gasteiger partial charge in [-0.05, 0) is 0 Å². The van der Waals surface area contributed by atoms with Crippen LogP contribution in [0.5, 0.6) is 0 Å². The van der Waals surface area contributed by atoms with E-state index in [1.807, 2.05) is 0 Å². The summed E-state index contributed by atoms with van der Waals surface area (Å²) in [7, 11) is 0. The zero-order valence-electron chi connectivity index (χ0n) is 2.70. The molecule has 1 aliphatic rings. The lowest BCUT2D eigenvalue weighted by Gasteiger charge is -1.68. The van der Waals surface area contributed by atoms with Gasteiger partial charge in [0.15, 0.2) is 0 Å². The molecule has 0 heterocycles. The molecule has 1 fully saturated rings. The monoisotopic (exact) mass is 55.1 g/mol. The van der Waals surface area contributed by atoms with E-state index in [2.05, 4.69) is 6.92 Å². The largest absolute Gasteiger partial charge is 0.340 e. The molecule has 0 saturated heterocycles. The fraction of sp³-hybridized carbons (Fsp3) is 0.750. The van der Waals surface area contributed by atoms with Gasteiger partial charge in [-0.25, -0.2) is 0 Å². The third kappa shape index (κ3) is 0.222. The quantitative estimate of drug-likeness (QED) is 0.365. The normalized spacial score (nSPS) is 26.2. The van der Waals surface area contributed by atoms with Crippen LogP contribution in [-0.2, 0) is 0 Å². The van der Waals surface area contributed by atoms with Crippen LogP contribution in [0.4, 0.5) is 0 Å². The molecule has 0 bridgehead atoms. The standard InChI is InChI=1S/C4H7/c1-4-2-3-4/h4H,1-3H2/q-1. The minimum Gasteiger partial charge on any atom is -0.340 e. The molecule has 0 atom stereocenters. The number of rotatable bonds is 0. The molecule has 0 nitrogen and oxygen atoms in total. The van der Waals surface area contributed by atoms with E-state index in [9.17, 15) is 0 Å². The maximum Gasteiger partial charge on any atom is -0.0802 e. The molecule has 0 N–H and O–H groups in total. The molecule has 0 radical (unpaired) electrons. The Morgan fingerprint density at radius 1 is 1.50 bits per heavy atom. The Morgan fingerprint density at radius 3 is 1.75 bits per heavy atom. The van der Waals surface area contributed by atoms with Crippen LogP contribution >= 0.6 is 0 Å². The molecule has 0 heteroatoms. The van der Waals surface area contributed by atoms with Gasteiger partial charge in [0, 0.05) is 0 Å². The molecule has 1 saturated carbocycles. The van der Waals surface area contributed by atoms with E-state index in [-0.39, 0.29) is 0 Å². The van der Waals surface area contributed by atoms with E-state index in [1.165, 1.54) is 12.8 Å². The average Bonchev–Trinajstić information content (AvgIpc) is 1.75. The molecule has 0 aliphatic heterocycles. The molecule has 0 unspecified atom stereocenters. The van der Waals surface area contributed by atoms with Crippen LogP contribution in [0.1, 0.15) is 12.8 Å². The molecule has 24 valence electrons. The molecule has 0 aromatic carbocycles. The first-order valence-electron chi connectivity index (χ1n) is 1.72. The summed E-state index contributed by atoms with van der Waals surface area (Å²) < 4.78 is 0. The number of hydrogen-bond acceptors (Lipinski definition) is 0. The van der Waals surface area contributed by atoms with Crippen molar-refractivity contribution in [3.63, 3.8) is 0 Å². The van der Waals surface area contributed by atoms with Gasteiger partial charge in [0.05, 0.1) is 0 Å². The van der Waals surface area contributed by atoms with Crippen molar-refractivity contribution in [2.45, 2.75) is 12.8 Å². The Labute approximate surface area is 26.8 Å². The molecule has 0 spiro atoms. The van der Waals surface area contributed by atoms with Crippen molar-refractivity contribution in [2.24, 2.45) is 5.92 Å². The molecular weight excluding hydrogens is 48.0 g/mol. The van der Waals surface area contributed by atoms with E-state index in [1.54, 1.807) is 0 Å². The third-order valence-electron chi connectivity index (χ3n) is 0.697. The second-order valence-electron chi connectivity index (χ2n) is 1.44. The Bertz CT molecular complexity index is 19.2. The van der Waals surface area contributed by atoms with Gasteiger partial charge >= 0.3 is 0 Å². The van der Waals surface area contributed by atoms with Gasteiger partial charge in [-0.3, -0.25) is 0 Å². The zero-order valence-corrected chi connectivity index (χ0v) is 2.70. The summed E-state index contributed by atoms with van der Waals surface area (Å²) in [6.45, 7) is 3.75. The fourth-order valence-corrected chi connectivity index (χ4v) is 0.118. The molecule has 1 aliphatic carbocycles. The van der Waals surface area contributed by atoms with E-state index in [4.69, 9.17) is 0 Å². The smallest absolute Gasteiger partial charge is 0.0802 e. The van der Waals surface area contributed by atoms with Crippen molar-refractivity contribution in [3.8, 4) is 0 Å². The molecular formula is C4H7-. The summed E-state index contributed by atoms with van der Waals surface area (Å²) in [5.41, 5.74) is 0.